The van der Waals surface area contributed by atoms with Crippen LogP contribution in [0.2, 0.25) is 0 Å². The van der Waals surface area contributed by atoms with Gasteiger partial charge in [-0.2, -0.15) is 5.10 Å². The van der Waals surface area contributed by atoms with Crippen LogP contribution < -0.4 is 0 Å². The van der Waals surface area contributed by atoms with Crippen LogP contribution in [0.5, 0.6) is 0 Å². The molecule has 3 fully saturated rings. The topological polar surface area (TPSA) is 48.1 Å². The first kappa shape index (κ1) is 15.5. The Labute approximate surface area is 151 Å². The van der Waals surface area contributed by atoms with E-state index in [1.165, 1.54) is 49.1 Å². The van der Waals surface area contributed by atoms with Gasteiger partial charge in [-0.1, -0.05) is 0 Å². The van der Waals surface area contributed by atoms with Crippen LogP contribution in [-0.2, 0) is 6.54 Å². The van der Waals surface area contributed by atoms with Gasteiger partial charge in [0.15, 0.2) is 0 Å². The summed E-state index contributed by atoms with van der Waals surface area (Å²) in [6.45, 7) is 7.86. The summed E-state index contributed by atoms with van der Waals surface area (Å²) in [7, 11) is 0. The number of hydrogen-bond donors (Lipinski definition) is 1. The second-order valence-electron chi connectivity index (χ2n) is 7.27. The summed E-state index contributed by atoms with van der Waals surface area (Å²) >= 11 is 1.71. The predicted molar refractivity (Wildman–Crippen MR) is 102 cm³/mol. The third kappa shape index (κ3) is 2.88. The number of piperidine rings is 1. The SMILES string of the molecule is Cc1csc(-c2ccc3[nH]nc(CN4CCN5CCC4CC5)c3c2)n1. The van der Waals surface area contributed by atoms with Crippen LogP contribution in [0, 0.1) is 6.92 Å². The van der Waals surface area contributed by atoms with E-state index in [1.807, 2.05) is 6.92 Å². The highest BCUT2D eigenvalue weighted by molar-refractivity contribution is 7.13. The van der Waals surface area contributed by atoms with Crippen molar-refractivity contribution in [2.75, 3.05) is 26.2 Å². The standard InChI is InChI=1S/C19H23N5S/c1-13-12-25-19(20-13)14-2-3-17-16(10-14)18(22-21-17)11-24-9-8-23-6-4-15(24)5-7-23/h2-3,10,12,15H,4-9,11H2,1H3,(H,21,22). The van der Waals surface area contributed by atoms with Gasteiger partial charge in [-0.3, -0.25) is 10.00 Å². The van der Waals surface area contributed by atoms with Gasteiger partial charge >= 0.3 is 0 Å². The first-order chi connectivity index (χ1) is 12.3. The summed E-state index contributed by atoms with van der Waals surface area (Å²) in [6.07, 6.45) is 2.60. The zero-order chi connectivity index (χ0) is 16.8. The van der Waals surface area contributed by atoms with Crippen molar-refractivity contribution in [3.8, 4) is 10.6 Å². The normalized spacial score (nSPS) is 24.0. The van der Waals surface area contributed by atoms with E-state index in [1.54, 1.807) is 11.3 Å². The van der Waals surface area contributed by atoms with Gasteiger partial charge in [0.1, 0.15) is 5.01 Å². The summed E-state index contributed by atoms with van der Waals surface area (Å²) < 4.78 is 0. The third-order valence-electron chi connectivity index (χ3n) is 5.64. The minimum absolute atomic E-state index is 0.718. The largest absolute Gasteiger partial charge is 0.302 e. The van der Waals surface area contributed by atoms with E-state index >= 15 is 0 Å². The molecule has 0 radical (unpaired) electrons. The van der Waals surface area contributed by atoms with Crippen LogP contribution in [-0.4, -0.2) is 57.2 Å². The summed E-state index contributed by atoms with van der Waals surface area (Å²) in [5.74, 6) is 0. The second-order valence-corrected chi connectivity index (χ2v) is 8.13. The summed E-state index contributed by atoms with van der Waals surface area (Å²) in [5, 5.41) is 12.3. The number of H-pyrrole nitrogens is 1. The van der Waals surface area contributed by atoms with Gasteiger partial charge in [-0.05, 0) is 51.1 Å². The maximum absolute atomic E-state index is 4.65. The van der Waals surface area contributed by atoms with Crippen LogP contribution >= 0.6 is 11.3 Å². The fraction of sp³-hybridized carbons (Fsp3) is 0.474. The number of nitrogens with zero attached hydrogens (tertiary/aromatic N) is 4. The number of aromatic nitrogens is 3. The monoisotopic (exact) mass is 353 g/mol. The van der Waals surface area contributed by atoms with Crippen molar-refractivity contribution in [2.24, 2.45) is 0 Å². The Kier molecular flexibility index (Phi) is 3.84. The van der Waals surface area contributed by atoms with Crippen LogP contribution in [0.3, 0.4) is 0 Å². The number of rotatable bonds is 3. The average Bonchev–Trinajstić information content (AvgIpc) is 3.14. The van der Waals surface area contributed by atoms with Crippen molar-refractivity contribution in [1.82, 2.24) is 25.0 Å². The summed E-state index contributed by atoms with van der Waals surface area (Å²) in [6, 6.07) is 7.25. The summed E-state index contributed by atoms with van der Waals surface area (Å²) in [5.41, 5.74) is 4.57. The predicted octanol–water partition coefficient (Wildman–Crippen LogP) is 3.27. The van der Waals surface area contributed by atoms with E-state index < -0.39 is 0 Å². The van der Waals surface area contributed by atoms with Crippen molar-refractivity contribution in [2.45, 2.75) is 32.4 Å². The first-order valence-corrected chi connectivity index (χ1v) is 10.0. The van der Waals surface area contributed by atoms with Gasteiger partial charge in [0.2, 0.25) is 0 Å². The fourth-order valence-corrected chi connectivity index (χ4v) is 4.96. The van der Waals surface area contributed by atoms with E-state index in [0.29, 0.717) is 0 Å². The van der Waals surface area contributed by atoms with Crippen molar-refractivity contribution >= 4 is 22.2 Å². The van der Waals surface area contributed by atoms with Crippen LogP contribution in [0.25, 0.3) is 21.5 Å². The molecule has 0 amide bonds. The molecule has 3 saturated heterocycles. The zero-order valence-corrected chi connectivity index (χ0v) is 15.4. The molecule has 3 aliphatic heterocycles. The lowest BCUT2D eigenvalue weighted by Crippen LogP contribution is -2.37. The highest BCUT2D eigenvalue weighted by Gasteiger charge is 2.29. The molecule has 6 heteroatoms. The van der Waals surface area contributed by atoms with Gasteiger partial charge in [0.25, 0.3) is 0 Å². The first-order valence-electron chi connectivity index (χ1n) is 9.12. The van der Waals surface area contributed by atoms with E-state index in [2.05, 4.69) is 48.6 Å². The molecule has 0 atom stereocenters. The Morgan fingerprint density at radius 2 is 2.08 bits per heavy atom. The number of benzene rings is 1. The Hall–Kier alpha value is -1.76. The number of fused-ring (bicyclic) bond motifs is 5. The molecule has 0 saturated carbocycles. The quantitative estimate of drug-likeness (QED) is 0.785. The number of aryl methyl sites for hydroxylation is 1. The molecule has 3 aromatic rings. The molecule has 2 aromatic heterocycles. The van der Waals surface area contributed by atoms with Gasteiger partial charge in [-0.15, -0.1) is 11.3 Å². The van der Waals surface area contributed by atoms with E-state index in [9.17, 15) is 0 Å². The average molecular weight is 353 g/mol. The zero-order valence-electron chi connectivity index (χ0n) is 14.5. The van der Waals surface area contributed by atoms with Crippen LogP contribution in [0.15, 0.2) is 23.6 Å². The Balaban J connectivity index is 1.46. The molecule has 0 aliphatic carbocycles. The van der Waals surface area contributed by atoms with Gasteiger partial charge < -0.3 is 4.90 Å². The molecule has 6 rings (SSSR count). The molecule has 0 unspecified atom stereocenters. The molecule has 1 N–H and O–H groups in total. The molecule has 3 aliphatic rings. The molecule has 0 spiro atoms. The number of nitrogens with one attached hydrogen (secondary N) is 1. The minimum atomic E-state index is 0.718. The van der Waals surface area contributed by atoms with Crippen molar-refractivity contribution in [3.05, 3.63) is 35.0 Å². The Morgan fingerprint density at radius 1 is 1.20 bits per heavy atom. The van der Waals surface area contributed by atoms with Crippen LogP contribution in [0.4, 0.5) is 0 Å². The van der Waals surface area contributed by atoms with Crippen molar-refractivity contribution < 1.29 is 0 Å². The molecular formula is C19H23N5S. The van der Waals surface area contributed by atoms with Crippen molar-refractivity contribution in [1.29, 1.82) is 0 Å². The number of thiazole rings is 1. The van der Waals surface area contributed by atoms with E-state index in [4.69, 9.17) is 0 Å². The molecule has 25 heavy (non-hydrogen) atoms. The maximum Gasteiger partial charge on any atom is 0.123 e. The Morgan fingerprint density at radius 3 is 2.88 bits per heavy atom. The van der Waals surface area contributed by atoms with E-state index in [0.717, 1.165) is 35.3 Å². The van der Waals surface area contributed by atoms with E-state index in [-0.39, 0.29) is 0 Å². The lowest BCUT2D eigenvalue weighted by molar-refractivity contribution is 0.175. The maximum atomic E-state index is 4.65. The lowest BCUT2D eigenvalue weighted by atomic mass is 10.0. The molecular weight excluding hydrogens is 330 g/mol. The smallest absolute Gasteiger partial charge is 0.123 e. The highest BCUT2D eigenvalue weighted by atomic mass is 32.1. The molecule has 130 valence electrons. The number of aromatic amines is 1. The van der Waals surface area contributed by atoms with Gasteiger partial charge in [-0.25, -0.2) is 4.98 Å². The molecule has 1 aromatic carbocycles. The van der Waals surface area contributed by atoms with Gasteiger partial charge in [0, 0.05) is 47.7 Å². The molecule has 2 bridgehead atoms. The van der Waals surface area contributed by atoms with Crippen molar-refractivity contribution in [3.63, 3.8) is 0 Å². The summed E-state index contributed by atoms with van der Waals surface area (Å²) in [4.78, 5) is 9.87. The lowest BCUT2D eigenvalue weighted by Gasteiger charge is -2.31. The molecule has 5 nitrogen and oxygen atoms in total. The third-order valence-corrected chi connectivity index (χ3v) is 6.65. The second kappa shape index (κ2) is 6.20. The minimum Gasteiger partial charge on any atom is -0.302 e. The number of hydrogen-bond acceptors (Lipinski definition) is 5. The van der Waals surface area contributed by atoms with Gasteiger partial charge in [0.05, 0.1) is 11.2 Å². The Bertz CT molecular complexity index is 890. The fourth-order valence-electron chi connectivity index (χ4n) is 4.17. The molecule has 5 heterocycles. The van der Waals surface area contributed by atoms with Crippen LogP contribution in [0.1, 0.15) is 24.2 Å². The highest BCUT2D eigenvalue weighted by Crippen LogP contribution is 2.29.